The van der Waals surface area contributed by atoms with Gasteiger partial charge in [0.1, 0.15) is 17.5 Å². The molecule has 5 rings (SSSR count). The maximum Gasteiger partial charge on any atom is 0.147 e. The summed E-state index contributed by atoms with van der Waals surface area (Å²) in [4.78, 5) is 2.52. The molecule has 3 aromatic rings. The summed E-state index contributed by atoms with van der Waals surface area (Å²) >= 11 is 0. The van der Waals surface area contributed by atoms with Crippen LogP contribution in [-0.2, 0) is 19.6 Å². The van der Waals surface area contributed by atoms with Crippen LogP contribution in [0.4, 0.5) is 4.39 Å². The van der Waals surface area contributed by atoms with E-state index in [-0.39, 0.29) is 5.82 Å². The molecular weight excluding hydrogens is 365 g/mol. The van der Waals surface area contributed by atoms with Gasteiger partial charge in [-0.1, -0.05) is 30.3 Å². The number of hydrogen-bond acceptors (Lipinski definition) is 4. The van der Waals surface area contributed by atoms with E-state index in [1.165, 1.54) is 23.5 Å². The van der Waals surface area contributed by atoms with Crippen LogP contribution in [0.2, 0.25) is 0 Å². The largest absolute Gasteiger partial charge is 0.312 e. The first-order valence-corrected chi connectivity index (χ1v) is 10.5. The molecule has 5 nitrogen and oxygen atoms in total. The summed E-state index contributed by atoms with van der Waals surface area (Å²) in [5.41, 5.74) is 3.50. The van der Waals surface area contributed by atoms with Crippen LogP contribution in [0.15, 0.2) is 48.5 Å². The number of piperidine rings is 1. The summed E-state index contributed by atoms with van der Waals surface area (Å²) in [6, 6.07) is 15.3. The van der Waals surface area contributed by atoms with E-state index in [1.54, 1.807) is 0 Å². The Balaban J connectivity index is 1.23. The highest BCUT2D eigenvalue weighted by Gasteiger charge is 2.27. The van der Waals surface area contributed by atoms with E-state index in [4.69, 9.17) is 0 Å². The van der Waals surface area contributed by atoms with Gasteiger partial charge in [0.25, 0.3) is 0 Å². The van der Waals surface area contributed by atoms with Crippen LogP contribution in [0.3, 0.4) is 0 Å². The van der Waals surface area contributed by atoms with Crippen molar-refractivity contribution in [2.24, 2.45) is 0 Å². The average Bonchev–Trinajstić information content (AvgIpc) is 3.19. The van der Waals surface area contributed by atoms with Crippen LogP contribution in [0, 0.1) is 5.82 Å². The fraction of sp³-hybridized carbons (Fsp3) is 0.391. The summed E-state index contributed by atoms with van der Waals surface area (Å²) in [6.07, 6.45) is 2.26. The number of likely N-dealkylation sites (tertiary alicyclic amines) is 1. The molecule has 2 aliphatic rings. The molecule has 1 N–H and O–H groups in total. The molecule has 0 bridgehead atoms. The van der Waals surface area contributed by atoms with E-state index in [0.717, 1.165) is 69.1 Å². The number of nitrogens with one attached hydrogen (secondary N) is 1. The van der Waals surface area contributed by atoms with Crippen LogP contribution in [0.1, 0.15) is 36.0 Å². The Bertz CT molecular complexity index is 973. The molecule has 2 aromatic carbocycles. The fourth-order valence-electron chi connectivity index (χ4n) is 4.52. The van der Waals surface area contributed by atoms with Gasteiger partial charge in [-0.25, -0.2) is 4.39 Å². The Morgan fingerprint density at radius 3 is 2.62 bits per heavy atom. The smallest absolute Gasteiger partial charge is 0.147 e. The Labute approximate surface area is 170 Å². The van der Waals surface area contributed by atoms with Crippen LogP contribution in [-0.4, -0.2) is 39.3 Å². The van der Waals surface area contributed by atoms with Crippen molar-refractivity contribution in [2.75, 3.05) is 19.6 Å². The van der Waals surface area contributed by atoms with E-state index in [2.05, 4.69) is 49.2 Å². The van der Waals surface area contributed by atoms with E-state index in [1.807, 2.05) is 12.1 Å². The number of benzene rings is 2. The van der Waals surface area contributed by atoms with E-state index >= 15 is 0 Å². The predicted octanol–water partition coefficient (Wildman–Crippen LogP) is 3.57. The summed E-state index contributed by atoms with van der Waals surface area (Å²) in [5, 5.41) is 12.2. The highest BCUT2D eigenvalue weighted by molar-refractivity contribution is 5.64. The third-order valence-electron chi connectivity index (χ3n) is 6.11. The van der Waals surface area contributed by atoms with Gasteiger partial charge in [-0.05, 0) is 60.8 Å². The maximum atomic E-state index is 13.2. The molecule has 1 saturated heterocycles. The Hall–Kier alpha value is -2.57. The van der Waals surface area contributed by atoms with Gasteiger partial charge in [0.15, 0.2) is 0 Å². The lowest BCUT2D eigenvalue weighted by atomic mass is 9.95. The van der Waals surface area contributed by atoms with Crippen molar-refractivity contribution in [3.63, 3.8) is 0 Å². The van der Waals surface area contributed by atoms with Gasteiger partial charge in [-0.2, -0.15) is 0 Å². The number of fused-ring (bicyclic) bond motifs is 1. The quantitative estimate of drug-likeness (QED) is 0.739. The molecule has 0 unspecified atom stereocenters. The number of nitrogens with zero attached hydrogens (tertiary/aromatic N) is 4. The second-order valence-corrected chi connectivity index (χ2v) is 8.06. The lowest BCUT2D eigenvalue weighted by Crippen LogP contribution is -2.34. The zero-order chi connectivity index (χ0) is 19.6. The van der Waals surface area contributed by atoms with Gasteiger partial charge in [0.2, 0.25) is 0 Å². The molecule has 0 amide bonds. The average molecular weight is 391 g/mol. The maximum absolute atomic E-state index is 13.2. The van der Waals surface area contributed by atoms with Crippen molar-refractivity contribution in [3.05, 3.63) is 71.6 Å². The summed E-state index contributed by atoms with van der Waals surface area (Å²) < 4.78 is 15.5. The summed E-state index contributed by atoms with van der Waals surface area (Å²) in [7, 11) is 0. The molecule has 6 heteroatoms. The lowest BCUT2D eigenvalue weighted by Gasteiger charge is -2.32. The van der Waals surface area contributed by atoms with Gasteiger partial charge < -0.3 is 9.88 Å². The number of hydrogen-bond donors (Lipinski definition) is 1. The molecular formula is C23H26FN5. The van der Waals surface area contributed by atoms with Gasteiger partial charge >= 0.3 is 0 Å². The van der Waals surface area contributed by atoms with Crippen LogP contribution < -0.4 is 5.32 Å². The van der Waals surface area contributed by atoms with Crippen molar-refractivity contribution < 1.29 is 4.39 Å². The van der Waals surface area contributed by atoms with Crippen molar-refractivity contribution in [3.8, 4) is 11.1 Å². The molecule has 150 valence electrons. The molecule has 0 atom stereocenters. The third kappa shape index (κ3) is 3.95. The zero-order valence-corrected chi connectivity index (χ0v) is 16.5. The zero-order valence-electron chi connectivity index (χ0n) is 16.5. The highest BCUT2D eigenvalue weighted by atomic mass is 19.1. The number of halogens is 1. The highest BCUT2D eigenvalue weighted by Crippen LogP contribution is 2.29. The molecule has 1 fully saturated rings. The third-order valence-corrected chi connectivity index (χ3v) is 6.11. The molecule has 0 radical (unpaired) electrons. The van der Waals surface area contributed by atoms with Crippen molar-refractivity contribution in [1.29, 1.82) is 0 Å². The van der Waals surface area contributed by atoms with Gasteiger partial charge in [0.05, 0.1) is 6.54 Å². The van der Waals surface area contributed by atoms with Gasteiger partial charge in [-0.15, -0.1) is 10.2 Å². The van der Waals surface area contributed by atoms with Crippen molar-refractivity contribution in [1.82, 2.24) is 25.0 Å². The summed E-state index contributed by atoms with van der Waals surface area (Å²) in [5.74, 6) is 2.57. The second-order valence-electron chi connectivity index (χ2n) is 8.06. The van der Waals surface area contributed by atoms with E-state index in [9.17, 15) is 4.39 Å². The predicted molar refractivity (Wildman–Crippen MR) is 111 cm³/mol. The molecule has 0 saturated carbocycles. The van der Waals surface area contributed by atoms with Gasteiger partial charge in [-0.3, -0.25) is 4.90 Å². The summed E-state index contributed by atoms with van der Waals surface area (Å²) in [6.45, 7) is 5.91. The fourth-order valence-corrected chi connectivity index (χ4v) is 4.52. The van der Waals surface area contributed by atoms with Crippen LogP contribution in [0.25, 0.3) is 11.1 Å². The number of aromatic nitrogens is 3. The first-order valence-electron chi connectivity index (χ1n) is 10.5. The minimum atomic E-state index is -0.196. The standard InChI is InChI=1S/C23H26FN5/c24-21-6-4-18(5-7-21)20-3-1-2-17(14-20)16-28-11-8-19(9-12-28)23-27-26-22-15-25-10-13-29(22)23/h1-7,14,19,25H,8-13,15-16H2. The first kappa shape index (κ1) is 18.5. The van der Waals surface area contributed by atoms with Crippen molar-refractivity contribution >= 4 is 0 Å². The minimum absolute atomic E-state index is 0.196. The van der Waals surface area contributed by atoms with Gasteiger partial charge in [0, 0.05) is 25.6 Å². The first-order chi connectivity index (χ1) is 14.3. The topological polar surface area (TPSA) is 46.0 Å². The number of rotatable bonds is 4. The molecule has 2 aliphatic heterocycles. The Morgan fingerprint density at radius 1 is 0.966 bits per heavy atom. The Kier molecular flexibility index (Phi) is 5.12. The van der Waals surface area contributed by atoms with Crippen LogP contribution >= 0.6 is 0 Å². The second kappa shape index (κ2) is 8.05. The minimum Gasteiger partial charge on any atom is -0.312 e. The molecule has 29 heavy (non-hydrogen) atoms. The monoisotopic (exact) mass is 391 g/mol. The van der Waals surface area contributed by atoms with Crippen LogP contribution in [0.5, 0.6) is 0 Å². The van der Waals surface area contributed by atoms with E-state index < -0.39 is 0 Å². The Morgan fingerprint density at radius 2 is 1.79 bits per heavy atom. The molecule has 0 aliphatic carbocycles. The SMILES string of the molecule is Fc1ccc(-c2cccc(CN3CCC(c4nnc5n4CCNC5)CC3)c2)cc1. The molecule has 1 aromatic heterocycles. The normalized spacial score (nSPS) is 18.0. The molecule has 0 spiro atoms. The lowest BCUT2D eigenvalue weighted by molar-refractivity contribution is 0.199. The van der Waals surface area contributed by atoms with E-state index in [0.29, 0.717) is 5.92 Å². The molecule has 3 heterocycles. The van der Waals surface area contributed by atoms with Crippen molar-refractivity contribution in [2.45, 2.75) is 38.4 Å².